The Morgan fingerprint density at radius 2 is 1.81 bits per heavy atom. The molecule has 0 radical (unpaired) electrons. The molecule has 1 fully saturated rings. The second-order valence-corrected chi connectivity index (χ2v) is 8.58. The van der Waals surface area contributed by atoms with Crippen molar-refractivity contribution in [3.8, 4) is 0 Å². The van der Waals surface area contributed by atoms with Crippen molar-refractivity contribution in [1.82, 2.24) is 0 Å². The van der Waals surface area contributed by atoms with Gasteiger partial charge < -0.3 is 19.7 Å². The molecule has 2 atom stereocenters. The highest BCUT2D eigenvalue weighted by atomic mass is 16.5. The van der Waals surface area contributed by atoms with Crippen LogP contribution in [0.25, 0.3) is 0 Å². The number of unbranched alkanes of at least 4 members (excludes halogenated alkanes) is 1. The Morgan fingerprint density at radius 1 is 1.10 bits per heavy atom. The Bertz CT molecular complexity index is 560. The normalized spacial score (nSPS) is 18.4. The van der Waals surface area contributed by atoms with Crippen molar-refractivity contribution in [1.29, 1.82) is 0 Å². The average molecular weight is 443 g/mol. The Labute approximate surface area is 187 Å². The second kappa shape index (κ2) is 15.3. The minimum absolute atomic E-state index is 0.128. The van der Waals surface area contributed by atoms with Crippen molar-refractivity contribution >= 4 is 17.7 Å². The molecule has 1 N–H and O–H groups in total. The number of likely N-dealkylation sites (tertiary alicyclic amines) is 1. The second-order valence-electron chi connectivity index (χ2n) is 8.58. The van der Waals surface area contributed by atoms with E-state index in [9.17, 15) is 19.8 Å². The van der Waals surface area contributed by atoms with Gasteiger partial charge >= 0.3 is 5.97 Å². The molecule has 1 heterocycles. The Kier molecular flexibility index (Phi) is 13.6. The number of hydrogen-bond acceptors (Lipinski definition) is 7. The lowest BCUT2D eigenvalue weighted by Crippen LogP contribution is -2.53. The lowest BCUT2D eigenvalue weighted by atomic mass is 10.0. The number of nitrogens with zero attached hydrogens (tertiary/aromatic N) is 2. The predicted octanol–water partition coefficient (Wildman–Crippen LogP) is 2.17. The molecule has 0 aromatic carbocycles. The number of Topliss-reactive ketones (excluding diaryl/α,β-unsaturated/α-hetero) is 1. The summed E-state index contributed by atoms with van der Waals surface area (Å²) in [5.41, 5.74) is 0. The van der Waals surface area contributed by atoms with Gasteiger partial charge in [-0.25, -0.2) is 0 Å². The zero-order valence-electron chi connectivity index (χ0n) is 19.6. The van der Waals surface area contributed by atoms with E-state index in [2.05, 4.69) is 18.9 Å². The van der Waals surface area contributed by atoms with Gasteiger partial charge in [0.25, 0.3) is 0 Å². The van der Waals surface area contributed by atoms with Crippen LogP contribution in [0.15, 0.2) is 5.10 Å². The first-order valence-corrected chi connectivity index (χ1v) is 11.9. The molecule has 1 saturated heterocycles. The third kappa shape index (κ3) is 11.6. The fraction of sp³-hybridized carbons (Fsp3) is 0.870. The summed E-state index contributed by atoms with van der Waals surface area (Å²) in [6, 6.07) is 0. The number of ketones is 1. The number of aliphatic hydroxyl groups is 1. The van der Waals surface area contributed by atoms with Crippen LogP contribution in [0.2, 0.25) is 0 Å². The zero-order chi connectivity index (χ0) is 23.1. The SMILES string of the molecule is CCCCC(CC)COCC(O)C[N+]1(/N=C(\[O-])CC(=O)CC(=O)OCC)CCCCC1. The highest BCUT2D eigenvalue weighted by Crippen LogP contribution is 2.21. The van der Waals surface area contributed by atoms with E-state index in [0.717, 1.165) is 38.5 Å². The van der Waals surface area contributed by atoms with Gasteiger partial charge in [-0.1, -0.05) is 33.1 Å². The van der Waals surface area contributed by atoms with E-state index in [1.54, 1.807) is 6.92 Å². The van der Waals surface area contributed by atoms with E-state index in [4.69, 9.17) is 9.47 Å². The lowest BCUT2D eigenvalue weighted by molar-refractivity contribution is -0.942. The van der Waals surface area contributed by atoms with Gasteiger partial charge in [0.1, 0.15) is 37.9 Å². The fourth-order valence-electron chi connectivity index (χ4n) is 4.01. The molecule has 180 valence electrons. The minimum Gasteiger partial charge on any atom is -0.858 e. The first kappa shape index (κ1) is 27.5. The molecule has 0 spiro atoms. The van der Waals surface area contributed by atoms with Gasteiger partial charge in [-0.15, -0.1) is 5.10 Å². The van der Waals surface area contributed by atoms with E-state index in [0.29, 0.717) is 32.2 Å². The van der Waals surface area contributed by atoms with E-state index in [1.165, 1.54) is 6.42 Å². The molecule has 0 bridgehead atoms. The largest absolute Gasteiger partial charge is 0.858 e. The smallest absolute Gasteiger partial charge is 0.313 e. The molecule has 1 rings (SSSR count). The van der Waals surface area contributed by atoms with Gasteiger partial charge in [0.2, 0.25) is 0 Å². The van der Waals surface area contributed by atoms with Crippen LogP contribution in [0.1, 0.15) is 78.6 Å². The molecule has 2 unspecified atom stereocenters. The van der Waals surface area contributed by atoms with E-state index < -0.39 is 36.6 Å². The molecule has 1 aliphatic rings. The van der Waals surface area contributed by atoms with Gasteiger partial charge in [-0.3, -0.25) is 9.59 Å². The van der Waals surface area contributed by atoms with Crippen molar-refractivity contribution in [2.75, 3.05) is 39.5 Å². The maximum atomic E-state index is 12.4. The van der Waals surface area contributed by atoms with Gasteiger partial charge in [0.05, 0.1) is 13.2 Å². The molecular weight excluding hydrogens is 400 g/mol. The molecule has 0 aromatic heterocycles. The topological polar surface area (TPSA) is 108 Å². The number of ether oxygens (including phenoxy) is 2. The summed E-state index contributed by atoms with van der Waals surface area (Å²) < 4.78 is 10.7. The van der Waals surface area contributed by atoms with Crippen LogP contribution in [0.4, 0.5) is 0 Å². The predicted molar refractivity (Wildman–Crippen MR) is 117 cm³/mol. The summed E-state index contributed by atoms with van der Waals surface area (Å²) in [5, 5.41) is 27.3. The standard InChI is InChI=1S/C23H42N2O6/c1-4-7-11-19(5-2)17-30-18-21(27)16-25(12-9-8-10-13-25)24-22(28)14-20(26)15-23(29)31-6-3/h19,21,27H,4-18H2,1-3H3. The molecule has 31 heavy (non-hydrogen) atoms. The van der Waals surface area contributed by atoms with Crippen molar-refractivity contribution in [2.45, 2.75) is 84.7 Å². The van der Waals surface area contributed by atoms with Gasteiger partial charge in [0.15, 0.2) is 0 Å². The summed E-state index contributed by atoms with van der Waals surface area (Å²) in [6.07, 6.45) is 5.86. The van der Waals surface area contributed by atoms with Crippen LogP contribution in [-0.4, -0.2) is 72.9 Å². The van der Waals surface area contributed by atoms with E-state index in [-0.39, 0.29) is 17.8 Å². The number of hydrogen-bond donors (Lipinski definition) is 1. The maximum absolute atomic E-state index is 12.4. The van der Waals surface area contributed by atoms with Crippen LogP contribution in [0.3, 0.4) is 0 Å². The molecule has 0 aromatic rings. The minimum atomic E-state index is -0.728. The Morgan fingerprint density at radius 3 is 2.42 bits per heavy atom. The average Bonchev–Trinajstić information content (AvgIpc) is 2.70. The highest BCUT2D eigenvalue weighted by molar-refractivity contribution is 6.03. The zero-order valence-corrected chi connectivity index (χ0v) is 19.6. The number of carbonyl (C=O) groups is 2. The maximum Gasteiger partial charge on any atom is 0.313 e. The number of piperidine rings is 1. The quantitative estimate of drug-likeness (QED) is 0.129. The van der Waals surface area contributed by atoms with Crippen molar-refractivity contribution < 1.29 is 33.9 Å². The van der Waals surface area contributed by atoms with Crippen molar-refractivity contribution in [3.05, 3.63) is 0 Å². The number of rotatable bonds is 16. The molecule has 1 aliphatic heterocycles. The van der Waals surface area contributed by atoms with Crippen LogP contribution in [0, 0.1) is 5.92 Å². The van der Waals surface area contributed by atoms with E-state index >= 15 is 0 Å². The highest BCUT2D eigenvalue weighted by Gasteiger charge is 2.33. The van der Waals surface area contributed by atoms with Crippen molar-refractivity contribution in [2.24, 2.45) is 11.0 Å². The summed E-state index contributed by atoms with van der Waals surface area (Å²) in [4.78, 5) is 23.4. The molecule has 8 nitrogen and oxygen atoms in total. The van der Waals surface area contributed by atoms with Crippen LogP contribution < -0.4 is 5.11 Å². The molecule has 0 aliphatic carbocycles. The fourth-order valence-corrected chi connectivity index (χ4v) is 4.01. The first-order valence-electron chi connectivity index (χ1n) is 11.9. The molecular formula is C23H42N2O6. The van der Waals surface area contributed by atoms with Gasteiger partial charge in [0, 0.05) is 18.9 Å². The van der Waals surface area contributed by atoms with Crippen LogP contribution >= 0.6 is 0 Å². The number of aliphatic hydroxyl groups excluding tert-OH is 1. The summed E-state index contributed by atoms with van der Waals surface area (Å²) >= 11 is 0. The molecule has 0 saturated carbocycles. The number of quaternary nitrogens is 1. The Balaban J connectivity index is 2.62. The number of carbonyl (C=O) groups excluding carboxylic acids is 2. The van der Waals surface area contributed by atoms with Gasteiger partial charge in [-0.05, 0) is 38.5 Å². The summed E-state index contributed by atoms with van der Waals surface area (Å²) in [7, 11) is 0. The van der Waals surface area contributed by atoms with Crippen molar-refractivity contribution in [3.63, 3.8) is 0 Å². The number of esters is 1. The Hall–Kier alpha value is -1.51. The molecule has 8 heteroatoms. The molecule has 0 amide bonds. The third-order valence-corrected chi connectivity index (χ3v) is 5.73. The van der Waals surface area contributed by atoms with Crippen LogP contribution in [0.5, 0.6) is 0 Å². The summed E-state index contributed by atoms with van der Waals surface area (Å²) in [5.74, 6) is -1.17. The van der Waals surface area contributed by atoms with Crippen LogP contribution in [-0.2, 0) is 19.1 Å². The van der Waals surface area contributed by atoms with Gasteiger partial charge in [-0.2, -0.15) is 4.59 Å². The monoisotopic (exact) mass is 442 g/mol. The van der Waals surface area contributed by atoms with E-state index in [1.807, 2.05) is 0 Å². The third-order valence-electron chi connectivity index (χ3n) is 5.73. The first-order chi connectivity index (χ1) is 14.8. The lowest BCUT2D eigenvalue weighted by Gasteiger charge is -2.38. The summed E-state index contributed by atoms with van der Waals surface area (Å²) in [6.45, 7) is 8.64.